The van der Waals surface area contributed by atoms with Gasteiger partial charge in [-0.3, -0.25) is 4.79 Å². The van der Waals surface area contributed by atoms with Crippen molar-refractivity contribution in [2.24, 2.45) is 11.8 Å². The molecule has 0 saturated carbocycles. The van der Waals surface area contributed by atoms with Gasteiger partial charge in [-0.25, -0.2) is 4.79 Å². The average molecular weight is 395 g/mol. The number of fused-ring (bicyclic) bond motifs is 1. The van der Waals surface area contributed by atoms with Crippen molar-refractivity contribution < 1.29 is 28.9 Å². The molecule has 2 rings (SSSR count). The Labute approximate surface area is 167 Å². The number of hydrogen-bond donors (Lipinski definition) is 1. The van der Waals surface area contributed by atoms with Crippen molar-refractivity contribution in [1.29, 1.82) is 0 Å². The van der Waals surface area contributed by atoms with Crippen LogP contribution in [-0.4, -0.2) is 47.1 Å². The largest absolute Gasteiger partial charge is 0.459 e. The van der Waals surface area contributed by atoms with Crippen LogP contribution in [0.15, 0.2) is 23.3 Å². The fourth-order valence-corrected chi connectivity index (χ4v) is 4.04. The van der Waals surface area contributed by atoms with Gasteiger partial charge >= 0.3 is 11.9 Å². The number of carbonyl (C=O) groups excluding carboxylic acids is 2. The van der Waals surface area contributed by atoms with Crippen molar-refractivity contribution in [1.82, 2.24) is 0 Å². The Morgan fingerprint density at radius 1 is 1.32 bits per heavy atom. The van der Waals surface area contributed by atoms with Crippen molar-refractivity contribution in [3.8, 4) is 0 Å². The van der Waals surface area contributed by atoms with Crippen LogP contribution in [0.4, 0.5) is 0 Å². The van der Waals surface area contributed by atoms with Crippen molar-refractivity contribution in [2.75, 3.05) is 0 Å². The highest BCUT2D eigenvalue weighted by molar-refractivity contribution is 5.87. The second kappa shape index (κ2) is 8.78. The average Bonchev–Trinajstić information content (AvgIpc) is 3.27. The lowest BCUT2D eigenvalue weighted by molar-refractivity contribution is -0.164. The number of carbonyl (C=O) groups is 2. The van der Waals surface area contributed by atoms with Crippen molar-refractivity contribution in [3.63, 3.8) is 0 Å². The van der Waals surface area contributed by atoms with E-state index >= 15 is 0 Å². The maximum atomic E-state index is 12.4. The van der Waals surface area contributed by atoms with Gasteiger partial charge < -0.3 is 19.3 Å². The zero-order valence-corrected chi connectivity index (χ0v) is 18.0. The Morgan fingerprint density at radius 3 is 2.50 bits per heavy atom. The molecule has 0 bridgehead atoms. The number of ether oxygens (including phenoxy) is 3. The van der Waals surface area contributed by atoms with Gasteiger partial charge in [-0.05, 0) is 52.0 Å². The van der Waals surface area contributed by atoms with E-state index in [0.717, 1.165) is 18.4 Å². The first-order valence-corrected chi connectivity index (χ1v) is 10.1. The van der Waals surface area contributed by atoms with E-state index in [0.29, 0.717) is 5.57 Å². The van der Waals surface area contributed by atoms with Gasteiger partial charge in [0, 0.05) is 18.4 Å². The topological polar surface area (TPSA) is 85.4 Å². The number of aliphatic hydroxyl groups excluding tert-OH is 1. The summed E-state index contributed by atoms with van der Waals surface area (Å²) in [5, 5.41) is 11.3. The SMILES string of the molecule is C/C=C(\C)C(=O)O[C@H]1/C(C)=C/CC[C@@]2(C)O[C@@H]2[C@@H](OC(C)=O)[C@@H](C(C)C)[C@@H]1O. The second-order valence-electron chi connectivity index (χ2n) is 8.52. The van der Waals surface area contributed by atoms with Gasteiger partial charge in [0.2, 0.25) is 0 Å². The lowest BCUT2D eigenvalue weighted by Gasteiger charge is -2.37. The molecule has 0 spiro atoms. The third-order valence-corrected chi connectivity index (χ3v) is 5.94. The lowest BCUT2D eigenvalue weighted by Crippen LogP contribution is -2.49. The zero-order chi connectivity index (χ0) is 21.2. The molecule has 6 heteroatoms. The third-order valence-electron chi connectivity index (χ3n) is 5.94. The van der Waals surface area contributed by atoms with Gasteiger partial charge in [0.1, 0.15) is 24.4 Å². The molecule has 1 aliphatic carbocycles. The van der Waals surface area contributed by atoms with Gasteiger partial charge in [-0.15, -0.1) is 0 Å². The summed E-state index contributed by atoms with van der Waals surface area (Å²) in [5.74, 6) is -1.34. The molecule has 0 aromatic carbocycles. The van der Waals surface area contributed by atoms with E-state index in [2.05, 4.69) is 0 Å². The summed E-state index contributed by atoms with van der Waals surface area (Å²) in [6, 6.07) is 0. The zero-order valence-electron chi connectivity index (χ0n) is 18.0. The predicted molar refractivity (Wildman–Crippen MR) is 105 cm³/mol. The minimum atomic E-state index is -1.03. The molecule has 0 unspecified atom stereocenters. The molecule has 1 heterocycles. The standard InChI is InChI=1S/C22H34O6/c1-8-13(4)21(25)27-18-14(5)10-9-11-22(7)20(28-22)19(26-15(6)23)16(12(2)3)17(18)24/h8,10,12,16-20,24H,9,11H2,1-7H3/b13-8+,14-10+/t16-,17-,18-,19-,20+,22+/m0/s1. The summed E-state index contributed by atoms with van der Waals surface area (Å²) in [6.07, 6.45) is 2.45. The van der Waals surface area contributed by atoms with E-state index in [-0.39, 0.29) is 17.6 Å². The molecule has 0 radical (unpaired) electrons. The van der Waals surface area contributed by atoms with E-state index in [1.165, 1.54) is 6.92 Å². The summed E-state index contributed by atoms with van der Waals surface area (Å²) in [6.45, 7) is 12.6. The minimum absolute atomic E-state index is 0.0240. The summed E-state index contributed by atoms with van der Waals surface area (Å²) < 4.78 is 17.3. The highest BCUT2D eigenvalue weighted by atomic mass is 16.6. The quantitative estimate of drug-likeness (QED) is 0.341. The van der Waals surface area contributed by atoms with Crippen molar-refractivity contribution in [3.05, 3.63) is 23.3 Å². The Kier molecular flexibility index (Phi) is 7.10. The Bertz CT molecular complexity index is 664. The maximum absolute atomic E-state index is 12.4. The maximum Gasteiger partial charge on any atom is 0.334 e. The second-order valence-corrected chi connectivity index (χ2v) is 8.52. The molecule has 1 N–H and O–H groups in total. The van der Waals surface area contributed by atoms with Crippen LogP contribution in [0.2, 0.25) is 0 Å². The Hall–Kier alpha value is -1.66. The van der Waals surface area contributed by atoms with Gasteiger partial charge in [0.05, 0.1) is 5.60 Å². The monoisotopic (exact) mass is 394 g/mol. The van der Waals surface area contributed by atoms with Gasteiger partial charge in [-0.1, -0.05) is 26.0 Å². The predicted octanol–water partition coefficient (Wildman–Crippen LogP) is 3.33. The van der Waals surface area contributed by atoms with Crippen LogP contribution in [0.25, 0.3) is 0 Å². The number of aliphatic hydroxyl groups is 1. The van der Waals surface area contributed by atoms with Crippen molar-refractivity contribution >= 4 is 11.9 Å². The molecule has 0 amide bonds. The van der Waals surface area contributed by atoms with Gasteiger partial charge in [0.25, 0.3) is 0 Å². The minimum Gasteiger partial charge on any atom is -0.459 e. The summed E-state index contributed by atoms with van der Waals surface area (Å²) in [4.78, 5) is 24.2. The first-order chi connectivity index (χ1) is 13.0. The first kappa shape index (κ1) is 22.6. The highest BCUT2D eigenvalue weighted by Gasteiger charge is 2.60. The van der Waals surface area contributed by atoms with Crippen LogP contribution in [0, 0.1) is 11.8 Å². The molecular weight excluding hydrogens is 360 g/mol. The summed E-state index contributed by atoms with van der Waals surface area (Å²) in [5.41, 5.74) is 0.891. The smallest absolute Gasteiger partial charge is 0.334 e. The van der Waals surface area contributed by atoms with E-state index in [9.17, 15) is 14.7 Å². The number of allylic oxidation sites excluding steroid dienone is 2. The lowest BCUT2D eigenvalue weighted by atomic mass is 9.77. The van der Waals surface area contributed by atoms with Gasteiger partial charge in [0.15, 0.2) is 0 Å². The molecule has 28 heavy (non-hydrogen) atoms. The number of esters is 2. The summed E-state index contributed by atoms with van der Waals surface area (Å²) >= 11 is 0. The number of rotatable bonds is 4. The van der Waals surface area contributed by atoms with E-state index in [1.807, 2.05) is 33.8 Å². The molecule has 2 aliphatic rings. The molecule has 6 nitrogen and oxygen atoms in total. The van der Waals surface area contributed by atoms with Crippen LogP contribution in [0.1, 0.15) is 61.3 Å². The van der Waals surface area contributed by atoms with Crippen LogP contribution in [0.3, 0.4) is 0 Å². The Balaban J connectivity index is 2.44. The Morgan fingerprint density at radius 2 is 1.96 bits per heavy atom. The van der Waals surface area contributed by atoms with Crippen LogP contribution in [0.5, 0.6) is 0 Å². The normalized spacial score (nSPS) is 38.1. The van der Waals surface area contributed by atoms with E-state index in [1.54, 1.807) is 19.9 Å². The van der Waals surface area contributed by atoms with E-state index in [4.69, 9.17) is 14.2 Å². The molecule has 0 aromatic heterocycles. The molecule has 1 aliphatic heterocycles. The van der Waals surface area contributed by atoms with Crippen molar-refractivity contribution in [2.45, 2.75) is 91.3 Å². The molecule has 0 aromatic rings. The van der Waals surface area contributed by atoms with Crippen LogP contribution in [-0.2, 0) is 23.8 Å². The van der Waals surface area contributed by atoms with E-state index < -0.39 is 36.2 Å². The fraction of sp³-hybridized carbons (Fsp3) is 0.727. The third kappa shape index (κ3) is 4.84. The number of hydrogen-bond acceptors (Lipinski definition) is 6. The molecule has 1 saturated heterocycles. The first-order valence-electron chi connectivity index (χ1n) is 10.1. The summed E-state index contributed by atoms with van der Waals surface area (Å²) in [7, 11) is 0. The van der Waals surface area contributed by atoms with Crippen LogP contribution < -0.4 is 0 Å². The van der Waals surface area contributed by atoms with Gasteiger partial charge in [-0.2, -0.15) is 0 Å². The highest BCUT2D eigenvalue weighted by Crippen LogP contribution is 2.48. The number of epoxide rings is 1. The molecular formula is C22H34O6. The van der Waals surface area contributed by atoms with Crippen LogP contribution >= 0.6 is 0 Å². The molecule has 1 fully saturated rings. The molecule has 6 atom stereocenters. The molecule has 158 valence electrons. The fourth-order valence-electron chi connectivity index (χ4n) is 4.04.